The number of amides is 1. The molecule has 6 heteroatoms. The number of H-pyrrole nitrogens is 1. The maximum absolute atomic E-state index is 12.9. The van der Waals surface area contributed by atoms with E-state index in [1.165, 1.54) is 6.20 Å². The summed E-state index contributed by atoms with van der Waals surface area (Å²) in [7, 11) is 0. The van der Waals surface area contributed by atoms with E-state index in [0.717, 1.165) is 18.4 Å². The number of aromatic nitrogens is 1. The lowest BCUT2D eigenvalue weighted by Crippen LogP contribution is -2.43. The molecule has 138 valence electrons. The number of hydrogen-bond acceptors (Lipinski definition) is 4. The fourth-order valence-corrected chi connectivity index (χ4v) is 3.52. The molecule has 1 amide bonds. The Labute approximate surface area is 157 Å². The van der Waals surface area contributed by atoms with Gasteiger partial charge in [-0.15, -0.1) is 0 Å². The van der Waals surface area contributed by atoms with Crippen molar-refractivity contribution in [2.24, 2.45) is 5.92 Å². The molecule has 1 aromatic heterocycles. The minimum Gasteiger partial charge on any atom is -0.338 e. The van der Waals surface area contributed by atoms with Crippen molar-refractivity contribution in [2.75, 3.05) is 13.1 Å². The molecule has 0 saturated carbocycles. The Morgan fingerprint density at radius 3 is 2.74 bits per heavy atom. The van der Waals surface area contributed by atoms with E-state index in [4.69, 9.17) is 5.26 Å². The number of rotatable bonds is 4. The lowest BCUT2D eigenvalue weighted by atomic mass is 9.90. The van der Waals surface area contributed by atoms with Crippen LogP contribution in [0.25, 0.3) is 0 Å². The normalized spacial score (nSPS) is 16.6. The maximum atomic E-state index is 12.9. The molecule has 0 bridgehead atoms. The molecular formula is C21H21N3O3. The van der Waals surface area contributed by atoms with Gasteiger partial charge in [-0.25, -0.2) is 0 Å². The molecule has 2 heterocycles. The molecule has 27 heavy (non-hydrogen) atoms. The molecule has 0 aliphatic carbocycles. The fourth-order valence-electron chi connectivity index (χ4n) is 3.52. The van der Waals surface area contributed by atoms with Gasteiger partial charge in [-0.3, -0.25) is 14.4 Å². The van der Waals surface area contributed by atoms with Crippen LogP contribution in [0.3, 0.4) is 0 Å². The molecule has 1 aromatic carbocycles. The molecule has 1 aliphatic heterocycles. The molecule has 1 aliphatic rings. The first kappa shape index (κ1) is 18.6. The van der Waals surface area contributed by atoms with Crippen LogP contribution in [0.1, 0.15) is 39.9 Å². The van der Waals surface area contributed by atoms with Gasteiger partial charge in [0.15, 0.2) is 0 Å². The van der Waals surface area contributed by atoms with E-state index in [0.29, 0.717) is 30.6 Å². The van der Waals surface area contributed by atoms with E-state index in [1.54, 1.807) is 11.8 Å². The third kappa shape index (κ3) is 3.98. The number of nitriles is 1. The van der Waals surface area contributed by atoms with E-state index >= 15 is 0 Å². The Bertz CT molecular complexity index is 957. The van der Waals surface area contributed by atoms with Crippen LogP contribution in [0.15, 0.2) is 41.3 Å². The van der Waals surface area contributed by atoms with Crippen molar-refractivity contribution in [3.05, 3.63) is 69.1 Å². The second-order valence-electron chi connectivity index (χ2n) is 6.86. The summed E-state index contributed by atoms with van der Waals surface area (Å²) < 4.78 is 0. The minimum absolute atomic E-state index is 0.0467. The van der Waals surface area contributed by atoms with Gasteiger partial charge in [-0.1, -0.05) is 30.3 Å². The molecule has 1 saturated heterocycles. The van der Waals surface area contributed by atoms with Crippen molar-refractivity contribution >= 4 is 11.7 Å². The van der Waals surface area contributed by atoms with Crippen molar-refractivity contribution < 1.29 is 9.59 Å². The number of ketones is 1. The zero-order valence-electron chi connectivity index (χ0n) is 15.2. The SMILES string of the molecule is Cc1c(C(=O)N2CCCC(C(=O)Cc3ccccc3)C2)c[nH]c(=O)c1C#N. The Balaban J connectivity index is 1.75. The Morgan fingerprint density at radius 1 is 1.30 bits per heavy atom. The van der Waals surface area contributed by atoms with Crippen molar-refractivity contribution in [3.63, 3.8) is 0 Å². The molecule has 1 atom stereocenters. The van der Waals surface area contributed by atoms with Crippen LogP contribution in [0.2, 0.25) is 0 Å². The van der Waals surface area contributed by atoms with Gasteiger partial charge in [-0.05, 0) is 30.9 Å². The standard InChI is InChI=1S/C21H21N3O3/c1-14-17(11-22)20(26)23-12-18(14)21(27)24-9-5-8-16(13-24)19(25)10-15-6-3-2-4-7-15/h2-4,6-7,12,16H,5,8-10,13H2,1H3,(H,23,26). The number of carbonyl (C=O) groups excluding carboxylic acids is 2. The molecule has 0 radical (unpaired) electrons. The topological polar surface area (TPSA) is 94.0 Å². The summed E-state index contributed by atoms with van der Waals surface area (Å²) in [6.45, 7) is 2.53. The third-order valence-electron chi connectivity index (χ3n) is 5.08. The number of hydrogen-bond donors (Lipinski definition) is 1. The van der Waals surface area contributed by atoms with Crippen LogP contribution in [0.5, 0.6) is 0 Å². The molecule has 2 aromatic rings. The Hall–Kier alpha value is -3.20. The predicted molar refractivity (Wildman–Crippen MR) is 100 cm³/mol. The van der Waals surface area contributed by atoms with E-state index in [1.807, 2.05) is 36.4 Å². The summed E-state index contributed by atoms with van der Waals surface area (Å²) in [5.74, 6) is -0.312. The van der Waals surface area contributed by atoms with Crippen molar-refractivity contribution in [1.29, 1.82) is 5.26 Å². The molecule has 3 rings (SSSR count). The van der Waals surface area contributed by atoms with Crippen LogP contribution < -0.4 is 5.56 Å². The summed E-state index contributed by atoms with van der Waals surface area (Å²) in [5, 5.41) is 9.13. The first-order valence-electron chi connectivity index (χ1n) is 8.99. The number of nitrogens with one attached hydrogen (secondary N) is 1. The average Bonchev–Trinajstić information content (AvgIpc) is 2.69. The summed E-state index contributed by atoms with van der Waals surface area (Å²) in [4.78, 5) is 41.4. The Morgan fingerprint density at radius 2 is 2.04 bits per heavy atom. The highest BCUT2D eigenvalue weighted by atomic mass is 16.2. The number of piperidine rings is 1. The third-order valence-corrected chi connectivity index (χ3v) is 5.08. The smallest absolute Gasteiger partial charge is 0.266 e. The molecule has 6 nitrogen and oxygen atoms in total. The molecule has 0 spiro atoms. The highest BCUT2D eigenvalue weighted by molar-refractivity contribution is 5.96. The number of aromatic amines is 1. The van der Waals surface area contributed by atoms with Crippen LogP contribution in [-0.4, -0.2) is 34.7 Å². The van der Waals surface area contributed by atoms with Crippen molar-refractivity contribution in [3.8, 4) is 6.07 Å². The Kier molecular flexibility index (Phi) is 5.51. The summed E-state index contributed by atoms with van der Waals surface area (Å²) >= 11 is 0. The van der Waals surface area contributed by atoms with E-state index in [-0.39, 0.29) is 23.2 Å². The lowest BCUT2D eigenvalue weighted by molar-refractivity contribution is -0.123. The largest absolute Gasteiger partial charge is 0.338 e. The van der Waals surface area contributed by atoms with Gasteiger partial charge in [0.1, 0.15) is 17.4 Å². The highest BCUT2D eigenvalue weighted by Gasteiger charge is 2.30. The average molecular weight is 363 g/mol. The van der Waals surface area contributed by atoms with Crippen molar-refractivity contribution in [1.82, 2.24) is 9.88 Å². The first-order valence-corrected chi connectivity index (χ1v) is 8.99. The van der Waals surface area contributed by atoms with Gasteiger partial charge in [0.2, 0.25) is 0 Å². The number of carbonyl (C=O) groups is 2. The van der Waals surface area contributed by atoms with E-state index in [2.05, 4.69) is 4.98 Å². The monoisotopic (exact) mass is 363 g/mol. The van der Waals surface area contributed by atoms with Gasteiger partial charge in [0.25, 0.3) is 11.5 Å². The number of Topliss-reactive ketones (excluding diaryl/α,β-unsaturated/α-hetero) is 1. The molecular weight excluding hydrogens is 342 g/mol. The molecule has 1 fully saturated rings. The number of likely N-dealkylation sites (tertiary alicyclic amines) is 1. The van der Waals surface area contributed by atoms with Gasteiger partial charge >= 0.3 is 0 Å². The zero-order chi connectivity index (χ0) is 19.4. The minimum atomic E-state index is -0.499. The molecule has 1 unspecified atom stereocenters. The van der Waals surface area contributed by atoms with Gasteiger partial charge in [0, 0.05) is 31.6 Å². The van der Waals surface area contributed by atoms with Gasteiger partial charge in [0.05, 0.1) is 5.56 Å². The quantitative estimate of drug-likeness (QED) is 0.901. The number of benzene rings is 1. The molecule has 1 N–H and O–H groups in total. The fraction of sp³-hybridized carbons (Fsp3) is 0.333. The summed E-state index contributed by atoms with van der Waals surface area (Å²) in [6, 6.07) is 11.4. The predicted octanol–water partition coefficient (Wildman–Crippen LogP) is 2.22. The number of nitrogens with zero attached hydrogens (tertiary/aromatic N) is 2. The van der Waals surface area contributed by atoms with Crippen LogP contribution >= 0.6 is 0 Å². The zero-order valence-corrected chi connectivity index (χ0v) is 15.2. The lowest BCUT2D eigenvalue weighted by Gasteiger charge is -2.32. The number of pyridine rings is 1. The highest BCUT2D eigenvalue weighted by Crippen LogP contribution is 2.22. The van der Waals surface area contributed by atoms with Crippen molar-refractivity contribution in [2.45, 2.75) is 26.2 Å². The summed E-state index contributed by atoms with van der Waals surface area (Å²) in [5.41, 5.74) is 1.11. The van der Waals surface area contributed by atoms with E-state index in [9.17, 15) is 14.4 Å². The summed E-state index contributed by atoms with van der Waals surface area (Å²) in [6.07, 6.45) is 3.24. The van der Waals surface area contributed by atoms with Crippen LogP contribution in [-0.2, 0) is 11.2 Å². The van der Waals surface area contributed by atoms with Gasteiger partial charge in [-0.2, -0.15) is 5.26 Å². The van der Waals surface area contributed by atoms with Gasteiger partial charge < -0.3 is 9.88 Å². The maximum Gasteiger partial charge on any atom is 0.266 e. The second-order valence-corrected chi connectivity index (χ2v) is 6.86. The van der Waals surface area contributed by atoms with Crippen LogP contribution in [0.4, 0.5) is 0 Å². The van der Waals surface area contributed by atoms with E-state index < -0.39 is 5.56 Å². The first-order chi connectivity index (χ1) is 13.0. The second kappa shape index (κ2) is 8.00. The van der Waals surface area contributed by atoms with Crippen LogP contribution in [0, 0.1) is 24.2 Å².